The van der Waals surface area contributed by atoms with E-state index in [0.29, 0.717) is 6.42 Å². The summed E-state index contributed by atoms with van der Waals surface area (Å²) >= 11 is 0. The van der Waals surface area contributed by atoms with E-state index in [2.05, 4.69) is 17.2 Å². The van der Waals surface area contributed by atoms with E-state index in [9.17, 15) is 9.90 Å². The lowest BCUT2D eigenvalue weighted by molar-refractivity contribution is -0.125. The second-order valence-corrected chi connectivity index (χ2v) is 4.47. The fraction of sp³-hybridized carbons (Fsp3) is 0.438. The van der Waals surface area contributed by atoms with Crippen molar-refractivity contribution in [2.75, 3.05) is 6.61 Å². The maximum atomic E-state index is 12.0. The molecule has 1 aromatic rings. The van der Waals surface area contributed by atoms with Crippen LogP contribution in [0.25, 0.3) is 0 Å². The smallest absolute Gasteiger partial charge is 0.224 e. The van der Waals surface area contributed by atoms with Gasteiger partial charge in [-0.15, -0.1) is 11.8 Å². The number of aliphatic hydroxyl groups excluding tert-OH is 1. The molecule has 0 aliphatic heterocycles. The van der Waals surface area contributed by atoms with Gasteiger partial charge in [0.1, 0.15) is 0 Å². The second-order valence-electron chi connectivity index (χ2n) is 4.47. The number of hydrogen-bond donors (Lipinski definition) is 2. The molecule has 19 heavy (non-hydrogen) atoms. The van der Waals surface area contributed by atoms with Crippen molar-refractivity contribution in [2.45, 2.75) is 32.7 Å². The number of nitrogens with one attached hydrogen (secondary N) is 1. The minimum atomic E-state index is -0.352. The van der Waals surface area contributed by atoms with Crippen LogP contribution in [0.3, 0.4) is 0 Å². The number of hydrogen-bond acceptors (Lipinski definition) is 2. The van der Waals surface area contributed by atoms with Gasteiger partial charge in [-0.3, -0.25) is 4.79 Å². The van der Waals surface area contributed by atoms with Gasteiger partial charge in [0, 0.05) is 18.8 Å². The van der Waals surface area contributed by atoms with Crippen molar-refractivity contribution < 1.29 is 9.90 Å². The Hall–Kier alpha value is -1.79. The van der Waals surface area contributed by atoms with Crippen molar-refractivity contribution in [3.05, 3.63) is 35.9 Å². The lowest BCUT2D eigenvalue weighted by Crippen LogP contribution is -2.34. The van der Waals surface area contributed by atoms with E-state index < -0.39 is 0 Å². The highest BCUT2D eigenvalue weighted by molar-refractivity contribution is 5.79. The van der Waals surface area contributed by atoms with Crippen LogP contribution in [0, 0.1) is 17.8 Å². The van der Waals surface area contributed by atoms with Gasteiger partial charge >= 0.3 is 0 Å². The molecule has 0 unspecified atom stereocenters. The average molecular weight is 259 g/mol. The highest BCUT2D eigenvalue weighted by atomic mass is 16.3. The minimum absolute atomic E-state index is 0.0756. The van der Waals surface area contributed by atoms with E-state index in [-0.39, 0.29) is 24.5 Å². The highest BCUT2D eigenvalue weighted by Crippen LogP contribution is 2.13. The third-order valence-corrected chi connectivity index (χ3v) is 2.86. The van der Waals surface area contributed by atoms with Crippen LogP contribution in [0.4, 0.5) is 0 Å². The molecule has 0 saturated carbocycles. The number of rotatable bonds is 5. The monoisotopic (exact) mass is 259 g/mol. The number of benzene rings is 1. The van der Waals surface area contributed by atoms with Crippen LogP contribution < -0.4 is 5.32 Å². The first-order valence-corrected chi connectivity index (χ1v) is 6.61. The molecule has 0 saturated heterocycles. The van der Waals surface area contributed by atoms with Crippen LogP contribution in [0.15, 0.2) is 30.3 Å². The van der Waals surface area contributed by atoms with Gasteiger partial charge in [-0.2, -0.15) is 0 Å². The molecule has 2 atom stereocenters. The van der Waals surface area contributed by atoms with Crippen LogP contribution in [0.5, 0.6) is 0 Å². The van der Waals surface area contributed by atoms with Gasteiger partial charge in [0.2, 0.25) is 5.91 Å². The minimum Gasteiger partial charge on any atom is -0.394 e. The van der Waals surface area contributed by atoms with Crippen molar-refractivity contribution in [1.29, 1.82) is 0 Å². The number of amides is 1. The van der Waals surface area contributed by atoms with Crippen molar-refractivity contribution in [3.8, 4) is 11.8 Å². The molecule has 1 aromatic carbocycles. The Balaban J connectivity index is 2.58. The van der Waals surface area contributed by atoms with Crippen LogP contribution in [-0.2, 0) is 4.79 Å². The second kappa shape index (κ2) is 8.34. The number of carbonyl (C=O) groups excluding carboxylic acids is 1. The summed E-state index contributed by atoms with van der Waals surface area (Å²) in [7, 11) is 0. The molecule has 0 heterocycles. The first-order valence-electron chi connectivity index (χ1n) is 6.61. The molecular formula is C16H21NO2. The van der Waals surface area contributed by atoms with Gasteiger partial charge in [0.25, 0.3) is 0 Å². The largest absolute Gasteiger partial charge is 0.394 e. The van der Waals surface area contributed by atoms with E-state index >= 15 is 0 Å². The number of aliphatic hydroxyl groups is 1. The lowest BCUT2D eigenvalue weighted by atomic mass is 10.0. The van der Waals surface area contributed by atoms with Gasteiger partial charge in [-0.25, -0.2) is 0 Å². The number of carbonyl (C=O) groups is 1. The van der Waals surface area contributed by atoms with Gasteiger partial charge in [0.05, 0.1) is 12.6 Å². The summed E-state index contributed by atoms with van der Waals surface area (Å²) in [5.74, 6) is 5.68. The summed E-state index contributed by atoms with van der Waals surface area (Å²) < 4.78 is 0. The summed E-state index contributed by atoms with van der Waals surface area (Å²) in [5.41, 5.74) is 0.908. The molecule has 0 fully saturated rings. The quantitative estimate of drug-likeness (QED) is 0.797. The molecule has 2 N–H and O–H groups in total. The molecule has 0 spiro atoms. The summed E-state index contributed by atoms with van der Waals surface area (Å²) in [6.07, 6.45) is 1.35. The Morgan fingerprint density at radius 2 is 2.00 bits per heavy atom. The normalized spacial score (nSPS) is 13.0. The SMILES string of the molecule is CCC#CC[C@@H](C)C(=O)N[C@@H](CO)c1ccccc1. The molecule has 0 aromatic heterocycles. The first kappa shape index (κ1) is 15.3. The molecule has 0 aliphatic rings. The first-order chi connectivity index (χ1) is 9.19. The Morgan fingerprint density at radius 3 is 2.58 bits per heavy atom. The Morgan fingerprint density at radius 1 is 1.32 bits per heavy atom. The molecule has 0 radical (unpaired) electrons. The topological polar surface area (TPSA) is 49.3 Å². The fourth-order valence-corrected chi connectivity index (χ4v) is 1.68. The maximum Gasteiger partial charge on any atom is 0.224 e. The van der Waals surface area contributed by atoms with Crippen molar-refractivity contribution in [1.82, 2.24) is 5.32 Å². The zero-order valence-corrected chi connectivity index (χ0v) is 11.5. The fourth-order valence-electron chi connectivity index (χ4n) is 1.68. The zero-order chi connectivity index (χ0) is 14.1. The van der Waals surface area contributed by atoms with E-state index in [0.717, 1.165) is 12.0 Å². The zero-order valence-electron chi connectivity index (χ0n) is 11.5. The maximum absolute atomic E-state index is 12.0. The van der Waals surface area contributed by atoms with Crippen LogP contribution in [0.2, 0.25) is 0 Å². The molecule has 0 bridgehead atoms. The van der Waals surface area contributed by atoms with Crippen molar-refractivity contribution in [3.63, 3.8) is 0 Å². The van der Waals surface area contributed by atoms with Gasteiger partial charge in [-0.05, 0) is 5.56 Å². The predicted octanol–water partition coefficient (Wildman–Crippen LogP) is 2.28. The summed E-state index contributed by atoms with van der Waals surface area (Å²) in [6.45, 7) is 3.72. The van der Waals surface area contributed by atoms with E-state index in [1.54, 1.807) is 0 Å². The molecule has 1 rings (SSSR count). The highest BCUT2D eigenvalue weighted by Gasteiger charge is 2.17. The third-order valence-electron chi connectivity index (χ3n) is 2.86. The van der Waals surface area contributed by atoms with E-state index in [4.69, 9.17) is 0 Å². The summed E-state index contributed by atoms with van der Waals surface area (Å²) in [4.78, 5) is 12.0. The summed E-state index contributed by atoms with van der Waals surface area (Å²) in [5, 5.41) is 12.2. The Labute approximate surface area is 115 Å². The molecule has 0 aliphatic carbocycles. The Bertz CT molecular complexity index is 445. The average Bonchev–Trinajstić information content (AvgIpc) is 2.45. The molecule has 1 amide bonds. The van der Waals surface area contributed by atoms with Gasteiger partial charge in [0.15, 0.2) is 0 Å². The van der Waals surface area contributed by atoms with Crippen LogP contribution >= 0.6 is 0 Å². The molecule has 3 heteroatoms. The lowest BCUT2D eigenvalue weighted by Gasteiger charge is -2.18. The van der Waals surface area contributed by atoms with Crippen LogP contribution in [0.1, 0.15) is 38.3 Å². The van der Waals surface area contributed by atoms with Crippen molar-refractivity contribution in [2.24, 2.45) is 5.92 Å². The van der Waals surface area contributed by atoms with Gasteiger partial charge in [-0.1, -0.05) is 44.2 Å². The van der Waals surface area contributed by atoms with Gasteiger partial charge < -0.3 is 10.4 Å². The van der Waals surface area contributed by atoms with Crippen LogP contribution in [-0.4, -0.2) is 17.6 Å². The summed E-state index contributed by atoms with van der Waals surface area (Å²) in [6, 6.07) is 9.12. The molecular weight excluding hydrogens is 238 g/mol. The molecule has 102 valence electrons. The van der Waals surface area contributed by atoms with E-state index in [1.807, 2.05) is 44.2 Å². The van der Waals surface area contributed by atoms with Crippen molar-refractivity contribution >= 4 is 5.91 Å². The Kier molecular flexibility index (Phi) is 6.70. The molecule has 3 nitrogen and oxygen atoms in total. The third kappa shape index (κ3) is 5.15. The predicted molar refractivity (Wildman–Crippen MR) is 76.3 cm³/mol. The van der Waals surface area contributed by atoms with E-state index in [1.165, 1.54) is 0 Å². The standard InChI is InChI=1S/C16H21NO2/c1-3-4-6-9-13(2)16(19)17-15(12-18)14-10-7-5-8-11-14/h5,7-8,10-11,13,15,18H,3,9,12H2,1-2H3,(H,17,19)/t13-,15+/m1/s1.